The summed E-state index contributed by atoms with van der Waals surface area (Å²) in [6.45, 7) is 7.02. The van der Waals surface area contributed by atoms with Crippen molar-refractivity contribution < 1.29 is 24.2 Å². The molecule has 4 rings (SSSR count). The van der Waals surface area contributed by atoms with E-state index >= 15 is 0 Å². The van der Waals surface area contributed by atoms with Gasteiger partial charge in [-0.3, -0.25) is 14.5 Å². The zero-order valence-electron chi connectivity index (χ0n) is 19.2. The highest BCUT2D eigenvalue weighted by molar-refractivity contribution is 7.14. The van der Waals surface area contributed by atoms with Crippen molar-refractivity contribution in [1.82, 2.24) is 4.98 Å². The number of ketones is 1. The lowest BCUT2D eigenvalue weighted by Gasteiger charge is -2.27. The van der Waals surface area contributed by atoms with Crippen LogP contribution >= 0.6 is 11.3 Å². The summed E-state index contributed by atoms with van der Waals surface area (Å²) in [5, 5.41) is 11.6. The van der Waals surface area contributed by atoms with E-state index in [1.54, 1.807) is 70.2 Å². The summed E-state index contributed by atoms with van der Waals surface area (Å²) in [6, 6.07) is 14.5. The lowest BCUT2D eigenvalue weighted by Crippen LogP contribution is -2.31. The second-order valence-corrected chi connectivity index (χ2v) is 9.43. The number of aryl methyl sites for hydroxylation is 2. The lowest BCUT2D eigenvalue weighted by atomic mass is 9.94. The van der Waals surface area contributed by atoms with Crippen LogP contribution in [0.1, 0.15) is 56.2 Å². The number of carbonyl (C=O) groups is 3. The molecule has 1 aliphatic rings. The van der Waals surface area contributed by atoms with Gasteiger partial charge in [0.05, 0.1) is 38.9 Å². The van der Waals surface area contributed by atoms with Crippen molar-refractivity contribution in [2.75, 3.05) is 4.90 Å². The Morgan fingerprint density at radius 3 is 2.41 bits per heavy atom. The largest absolute Gasteiger partial charge is 0.503 e. The number of benzene rings is 2. The number of aromatic nitrogens is 1. The number of hydrogen-bond acceptors (Lipinski definition) is 7. The zero-order chi connectivity index (χ0) is 24.6. The van der Waals surface area contributed by atoms with Crippen molar-refractivity contribution in [3.8, 4) is 0 Å². The quantitative estimate of drug-likeness (QED) is 0.392. The third-order valence-corrected chi connectivity index (χ3v) is 6.45. The maximum atomic E-state index is 13.6. The number of Topliss-reactive ketones (excluding diaryl/α,β-unsaturated/α-hetero) is 1. The number of esters is 1. The van der Waals surface area contributed by atoms with Gasteiger partial charge in [0.1, 0.15) is 0 Å². The summed E-state index contributed by atoms with van der Waals surface area (Å²) in [7, 11) is 0. The molecular weight excluding hydrogens is 452 g/mol. The summed E-state index contributed by atoms with van der Waals surface area (Å²) >= 11 is 1.22. The molecule has 0 radical (unpaired) electrons. The van der Waals surface area contributed by atoms with Gasteiger partial charge in [-0.2, -0.15) is 0 Å². The molecule has 2 heterocycles. The average Bonchev–Trinajstić information content (AvgIpc) is 3.28. The molecule has 0 spiro atoms. The maximum absolute atomic E-state index is 13.6. The number of hydrogen-bond donors (Lipinski definition) is 1. The normalized spacial score (nSPS) is 15.9. The average molecular weight is 477 g/mol. The number of aliphatic hydroxyl groups excluding tert-OH is 1. The van der Waals surface area contributed by atoms with Gasteiger partial charge in [-0.25, -0.2) is 9.78 Å². The van der Waals surface area contributed by atoms with Crippen LogP contribution < -0.4 is 4.90 Å². The van der Waals surface area contributed by atoms with Crippen LogP contribution in [0.3, 0.4) is 0 Å². The van der Waals surface area contributed by atoms with Crippen molar-refractivity contribution in [1.29, 1.82) is 0 Å². The lowest BCUT2D eigenvalue weighted by molar-refractivity contribution is -0.117. The molecule has 1 atom stereocenters. The fraction of sp³-hybridized carbons (Fsp3) is 0.231. The predicted octanol–water partition coefficient (Wildman–Crippen LogP) is 5.11. The molecule has 0 saturated carbocycles. The predicted molar refractivity (Wildman–Crippen MR) is 129 cm³/mol. The van der Waals surface area contributed by atoms with E-state index in [9.17, 15) is 19.5 Å². The number of anilines is 1. The minimum Gasteiger partial charge on any atom is -0.503 e. The molecule has 34 heavy (non-hydrogen) atoms. The number of amides is 1. The number of rotatable bonds is 6. The van der Waals surface area contributed by atoms with E-state index in [-0.39, 0.29) is 17.2 Å². The standard InChI is InChI=1S/C26H24N2O5S/c1-14(2)33-26(32)18-11-8-12-19(13-18)28-21(17-9-6-5-7-10-17)20(23(30)25(28)31)22(29)24-15(3)27-16(4)34-24/h5-14,21,30H,1-4H3. The van der Waals surface area contributed by atoms with Gasteiger partial charge in [0.25, 0.3) is 5.91 Å². The molecule has 1 amide bonds. The minimum absolute atomic E-state index is 0.0156. The third-order valence-electron chi connectivity index (χ3n) is 5.38. The summed E-state index contributed by atoms with van der Waals surface area (Å²) in [5.74, 6) is -2.30. The summed E-state index contributed by atoms with van der Waals surface area (Å²) < 4.78 is 5.28. The van der Waals surface area contributed by atoms with Gasteiger partial charge in [-0.05, 0) is 51.5 Å². The Balaban J connectivity index is 1.83. The van der Waals surface area contributed by atoms with Crippen molar-refractivity contribution in [2.24, 2.45) is 0 Å². The second kappa shape index (κ2) is 9.23. The van der Waals surface area contributed by atoms with Crippen LogP contribution in [0, 0.1) is 13.8 Å². The Hall–Kier alpha value is -3.78. The van der Waals surface area contributed by atoms with Gasteiger partial charge < -0.3 is 9.84 Å². The smallest absolute Gasteiger partial charge is 0.338 e. The Morgan fingerprint density at radius 1 is 1.09 bits per heavy atom. The zero-order valence-corrected chi connectivity index (χ0v) is 20.1. The van der Waals surface area contributed by atoms with Crippen molar-refractivity contribution in [3.05, 3.63) is 92.6 Å². The number of ether oxygens (including phenoxy) is 1. The molecule has 7 nitrogen and oxygen atoms in total. The van der Waals surface area contributed by atoms with Crippen LogP contribution in [0.25, 0.3) is 0 Å². The first-order valence-corrected chi connectivity index (χ1v) is 11.6. The minimum atomic E-state index is -0.876. The monoisotopic (exact) mass is 476 g/mol. The van der Waals surface area contributed by atoms with Crippen LogP contribution in [0.4, 0.5) is 5.69 Å². The molecular formula is C26H24N2O5S. The van der Waals surface area contributed by atoms with E-state index in [0.29, 0.717) is 21.8 Å². The Morgan fingerprint density at radius 2 is 1.79 bits per heavy atom. The number of thiazole rings is 1. The van der Waals surface area contributed by atoms with Gasteiger partial charge in [-0.1, -0.05) is 36.4 Å². The third kappa shape index (κ3) is 4.24. The highest BCUT2D eigenvalue weighted by atomic mass is 32.1. The highest BCUT2D eigenvalue weighted by Gasteiger charge is 2.45. The van der Waals surface area contributed by atoms with Crippen molar-refractivity contribution in [3.63, 3.8) is 0 Å². The molecule has 0 bridgehead atoms. The summed E-state index contributed by atoms with van der Waals surface area (Å²) in [4.78, 5) is 45.4. The number of aliphatic hydroxyl groups is 1. The van der Waals surface area contributed by atoms with Gasteiger partial charge >= 0.3 is 5.97 Å². The van der Waals surface area contributed by atoms with E-state index in [1.165, 1.54) is 22.3 Å². The first-order valence-electron chi connectivity index (χ1n) is 10.8. The van der Waals surface area contributed by atoms with Crippen LogP contribution in [0.15, 0.2) is 65.9 Å². The second-order valence-electron chi connectivity index (χ2n) is 8.23. The highest BCUT2D eigenvalue weighted by Crippen LogP contribution is 2.42. The van der Waals surface area contributed by atoms with E-state index in [4.69, 9.17) is 4.74 Å². The topological polar surface area (TPSA) is 96.8 Å². The van der Waals surface area contributed by atoms with Crippen molar-refractivity contribution >= 4 is 34.7 Å². The van der Waals surface area contributed by atoms with Crippen molar-refractivity contribution in [2.45, 2.75) is 39.8 Å². The molecule has 3 aromatic rings. The number of nitrogens with zero attached hydrogens (tertiary/aromatic N) is 2. The van der Waals surface area contributed by atoms with E-state index in [0.717, 1.165) is 5.01 Å². The van der Waals surface area contributed by atoms with Crippen LogP contribution in [-0.2, 0) is 9.53 Å². The first-order chi connectivity index (χ1) is 16.2. The molecule has 2 aromatic carbocycles. The number of carbonyl (C=O) groups excluding carboxylic acids is 3. The molecule has 1 aromatic heterocycles. The molecule has 174 valence electrons. The van der Waals surface area contributed by atoms with Gasteiger partial charge in [-0.15, -0.1) is 11.3 Å². The summed E-state index contributed by atoms with van der Waals surface area (Å²) in [6.07, 6.45) is -0.303. The van der Waals surface area contributed by atoms with Crippen LogP contribution in [-0.4, -0.2) is 33.9 Å². The Kier molecular flexibility index (Phi) is 6.34. The molecule has 1 unspecified atom stereocenters. The molecule has 0 fully saturated rings. The SMILES string of the molecule is Cc1nc(C)c(C(=O)C2=C(O)C(=O)N(c3cccc(C(=O)OC(C)C)c3)C2c2ccccc2)s1. The van der Waals surface area contributed by atoms with Crippen LogP contribution in [0.2, 0.25) is 0 Å². The molecule has 8 heteroatoms. The van der Waals surface area contributed by atoms with Gasteiger partial charge in [0.15, 0.2) is 5.76 Å². The first kappa shape index (κ1) is 23.4. The van der Waals surface area contributed by atoms with Gasteiger partial charge in [0, 0.05) is 5.69 Å². The Bertz CT molecular complexity index is 1310. The fourth-order valence-corrected chi connectivity index (χ4v) is 4.86. The molecule has 1 N–H and O–H groups in total. The maximum Gasteiger partial charge on any atom is 0.338 e. The van der Waals surface area contributed by atoms with E-state index in [2.05, 4.69) is 4.98 Å². The van der Waals surface area contributed by atoms with Gasteiger partial charge in [0.2, 0.25) is 5.78 Å². The Labute approximate surface area is 201 Å². The fourth-order valence-electron chi connectivity index (χ4n) is 3.98. The molecule has 0 saturated heterocycles. The van der Waals surface area contributed by atoms with E-state index < -0.39 is 29.5 Å². The molecule has 1 aliphatic heterocycles. The van der Waals surface area contributed by atoms with E-state index in [1.807, 2.05) is 6.07 Å². The summed E-state index contributed by atoms with van der Waals surface area (Å²) in [5.41, 5.74) is 1.81. The van der Waals surface area contributed by atoms with Crippen LogP contribution in [0.5, 0.6) is 0 Å². The molecule has 0 aliphatic carbocycles.